The van der Waals surface area contributed by atoms with Gasteiger partial charge >= 0.3 is 5.97 Å². The van der Waals surface area contributed by atoms with Gasteiger partial charge in [0, 0.05) is 12.3 Å². The van der Waals surface area contributed by atoms with Crippen molar-refractivity contribution in [1.82, 2.24) is 0 Å². The lowest BCUT2D eigenvalue weighted by molar-refractivity contribution is -0.128. The highest BCUT2D eigenvalue weighted by atomic mass is 16.5. The molecule has 0 radical (unpaired) electrons. The Hall–Kier alpha value is -4.18. The maximum Gasteiger partial charge on any atom is 0.336 e. The molecule has 0 spiro atoms. The summed E-state index contributed by atoms with van der Waals surface area (Å²) in [5, 5.41) is 2.35. The number of carbonyl (C=O) groups is 1. The average molecular weight is 562 g/mol. The Labute approximate surface area is 251 Å². The molecule has 0 aromatic heterocycles. The van der Waals surface area contributed by atoms with Crippen LogP contribution < -0.4 is 9.47 Å². The number of unbranched alkanes of at least 4 members (excludes halogenated alkanes) is 9. The highest BCUT2D eigenvalue weighted by Crippen LogP contribution is 2.21. The number of esters is 1. The largest absolute Gasteiger partial charge is 0.494 e. The van der Waals surface area contributed by atoms with Gasteiger partial charge in [-0.3, -0.25) is 4.99 Å². The summed E-state index contributed by atoms with van der Waals surface area (Å²) in [7, 11) is 0. The van der Waals surface area contributed by atoms with Gasteiger partial charge in [-0.15, -0.1) is 0 Å². The Kier molecular flexibility index (Phi) is 12.9. The third-order valence-electron chi connectivity index (χ3n) is 7.25. The maximum absolute atomic E-state index is 12.3. The molecule has 4 aromatic rings. The Bertz CT molecular complexity index is 1420. The first kappa shape index (κ1) is 30.8. The van der Waals surface area contributed by atoms with E-state index in [1.165, 1.54) is 69.2 Å². The second-order valence-corrected chi connectivity index (χ2v) is 10.7. The van der Waals surface area contributed by atoms with Crippen LogP contribution in [0.5, 0.6) is 11.5 Å². The van der Waals surface area contributed by atoms with Crippen LogP contribution in [-0.2, 0) is 4.79 Å². The van der Waals surface area contributed by atoms with Gasteiger partial charge in [-0.05, 0) is 82.9 Å². The quantitative estimate of drug-likeness (QED) is 0.0423. The topological polar surface area (TPSA) is 47.9 Å². The van der Waals surface area contributed by atoms with Gasteiger partial charge in [-0.25, -0.2) is 4.79 Å². The number of hydrogen-bond donors (Lipinski definition) is 0. The van der Waals surface area contributed by atoms with Crippen LogP contribution in [0.4, 0.5) is 5.69 Å². The summed E-state index contributed by atoms with van der Waals surface area (Å²) in [5.74, 6) is 0.923. The molecule has 0 saturated heterocycles. The molecule has 0 bridgehead atoms. The standard InChI is InChI=1S/C38H43NO3/c1-2-3-4-5-6-7-8-9-10-13-28-41-36-23-16-31(17-24-36)20-27-38(40)42-37-25-18-32(19-26-37)30-39-35-22-21-33-14-11-12-15-34(33)29-35/h11-12,14-27,29-30H,2-10,13,28H2,1H3/b27-20+,39-30?. The molecular weight excluding hydrogens is 518 g/mol. The summed E-state index contributed by atoms with van der Waals surface area (Å²) in [6.07, 6.45) is 18.1. The molecule has 42 heavy (non-hydrogen) atoms. The lowest BCUT2D eigenvalue weighted by Gasteiger charge is -2.06. The summed E-state index contributed by atoms with van der Waals surface area (Å²) in [6, 6.07) is 29.4. The van der Waals surface area contributed by atoms with Gasteiger partial charge in [0.15, 0.2) is 0 Å². The van der Waals surface area contributed by atoms with Crippen molar-refractivity contribution in [2.24, 2.45) is 4.99 Å². The highest BCUT2D eigenvalue weighted by molar-refractivity contribution is 5.89. The lowest BCUT2D eigenvalue weighted by Crippen LogP contribution is -2.03. The van der Waals surface area contributed by atoms with Crippen LogP contribution >= 0.6 is 0 Å². The summed E-state index contributed by atoms with van der Waals surface area (Å²) < 4.78 is 11.3. The summed E-state index contributed by atoms with van der Waals surface area (Å²) >= 11 is 0. The lowest BCUT2D eigenvalue weighted by atomic mass is 10.1. The second-order valence-electron chi connectivity index (χ2n) is 10.7. The number of aliphatic imine (C=N–C) groups is 1. The predicted molar refractivity (Wildman–Crippen MR) is 176 cm³/mol. The Balaban J connectivity index is 1.13. The first-order valence-corrected chi connectivity index (χ1v) is 15.5. The van der Waals surface area contributed by atoms with Crippen molar-refractivity contribution < 1.29 is 14.3 Å². The van der Waals surface area contributed by atoms with Gasteiger partial charge < -0.3 is 9.47 Å². The van der Waals surface area contributed by atoms with E-state index >= 15 is 0 Å². The van der Waals surface area contributed by atoms with E-state index in [0.29, 0.717) is 5.75 Å². The van der Waals surface area contributed by atoms with E-state index in [1.807, 2.05) is 54.6 Å². The van der Waals surface area contributed by atoms with Crippen molar-refractivity contribution in [3.63, 3.8) is 0 Å². The Morgan fingerprint density at radius 2 is 1.29 bits per heavy atom. The zero-order valence-electron chi connectivity index (χ0n) is 24.8. The smallest absolute Gasteiger partial charge is 0.336 e. The molecule has 218 valence electrons. The number of hydrogen-bond acceptors (Lipinski definition) is 4. The van der Waals surface area contributed by atoms with Gasteiger partial charge in [0.05, 0.1) is 12.3 Å². The first-order chi connectivity index (χ1) is 20.7. The molecule has 4 aromatic carbocycles. The molecule has 0 amide bonds. The molecule has 0 aliphatic rings. The molecule has 4 heteroatoms. The van der Waals surface area contributed by atoms with Gasteiger partial charge in [0.25, 0.3) is 0 Å². The van der Waals surface area contributed by atoms with Crippen LogP contribution in [0.15, 0.2) is 102 Å². The third kappa shape index (κ3) is 11.0. The van der Waals surface area contributed by atoms with Gasteiger partial charge in [0.2, 0.25) is 0 Å². The van der Waals surface area contributed by atoms with Crippen molar-refractivity contribution >= 4 is 34.7 Å². The van der Waals surface area contributed by atoms with Gasteiger partial charge in [-0.2, -0.15) is 0 Å². The summed E-state index contributed by atoms with van der Waals surface area (Å²) in [5.41, 5.74) is 2.73. The third-order valence-corrected chi connectivity index (χ3v) is 7.25. The molecule has 0 N–H and O–H groups in total. The molecule has 0 atom stereocenters. The number of nitrogens with zero attached hydrogens (tertiary/aromatic N) is 1. The van der Waals surface area contributed by atoms with Crippen LogP contribution in [-0.4, -0.2) is 18.8 Å². The molecule has 0 unspecified atom stereocenters. The Morgan fingerprint density at radius 1 is 0.667 bits per heavy atom. The van der Waals surface area contributed by atoms with E-state index in [0.717, 1.165) is 41.0 Å². The average Bonchev–Trinajstić information content (AvgIpc) is 3.03. The van der Waals surface area contributed by atoms with Crippen molar-refractivity contribution in [3.8, 4) is 11.5 Å². The molecule has 4 nitrogen and oxygen atoms in total. The monoisotopic (exact) mass is 561 g/mol. The molecule has 0 saturated carbocycles. The normalized spacial score (nSPS) is 11.5. The van der Waals surface area contributed by atoms with Crippen molar-refractivity contribution in [1.29, 1.82) is 0 Å². The molecule has 4 rings (SSSR count). The fourth-order valence-electron chi connectivity index (χ4n) is 4.80. The molecule has 0 fully saturated rings. The number of ether oxygens (including phenoxy) is 2. The minimum absolute atomic E-state index is 0.422. The Morgan fingerprint density at radius 3 is 2.00 bits per heavy atom. The van der Waals surface area contributed by atoms with Crippen LogP contribution in [0.2, 0.25) is 0 Å². The van der Waals surface area contributed by atoms with E-state index in [2.05, 4.69) is 36.2 Å². The predicted octanol–water partition coefficient (Wildman–Crippen LogP) is 10.5. The summed E-state index contributed by atoms with van der Waals surface area (Å²) in [4.78, 5) is 16.9. The second kappa shape index (κ2) is 17.6. The maximum atomic E-state index is 12.3. The van der Waals surface area contributed by atoms with E-state index in [1.54, 1.807) is 24.4 Å². The van der Waals surface area contributed by atoms with Crippen molar-refractivity contribution in [2.75, 3.05) is 6.61 Å². The number of rotatable bonds is 17. The van der Waals surface area contributed by atoms with Gasteiger partial charge in [-0.1, -0.05) is 107 Å². The first-order valence-electron chi connectivity index (χ1n) is 15.5. The zero-order chi connectivity index (χ0) is 29.2. The summed E-state index contributed by atoms with van der Waals surface area (Å²) in [6.45, 7) is 3.01. The number of fused-ring (bicyclic) bond motifs is 1. The number of benzene rings is 4. The number of carbonyl (C=O) groups excluding carboxylic acids is 1. The minimum Gasteiger partial charge on any atom is -0.494 e. The van der Waals surface area contributed by atoms with E-state index < -0.39 is 5.97 Å². The molecule has 0 heterocycles. The minimum atomic E-state index is -0.422. The fraction of sp³-hybridized carbons (Fsp3) is 0.316. The van der Waals surface area contributed by atoms with Crippen molar-refractivity contribution in [3.05, 3.63) is 108 Å². The van der Waals surface area contributed by atoms with Crippen LogP contribution in [0.1, 0.15) is 82.3 Å². The SMILES string of the molecule is CCCCCCCCCCCCOc1ccc(/C=C/C(=O)Oc2ccc(C=Nc3ccc4ccccc4c3)cc2)cc1. The van der Waals surface area contributed by atoms with E-state index in [4.69, 9.17) is 9.47 Å². The van der Waals surface area contributed by atoms with E-state index in [-0.39, 0.29) is 0 Å². The van der Waals surface area contributed by atoms with Crippen molar-refractivity contribution in [2.45, 2.75) is 71.1 Å². The fourth-order valence-corrected chi connectivity index (χ4v) is 4.80. The van der Waals surface area contributed by atoms with E-state index in [9.17, 15) is 4.79 Å². The zero-order valence-corrected chi connectivity index (χ0v) is 24.8. The highest BCUT2D eigenvalue weighted by Gasteiger charge is 2.02. The van der Waals surface area contributed by atoms with Crippen LogP contribution in [0.3, 0.4) is 0 Å². The molecule has 0 aliphatic heterocycles. The van der Waals surface area contributed by atoms with Crippen LogP contribution in [0.25, 0.3) is 16.8 Å². The van der Waals surface area contributed by atoms with Gasteiger partial charge in [0.1, 0.15) is 11.5 Å². The molecular formula is C38H43NO3. The molecule has 0 aliphatic carbocycles. The van der Waals surface area contributed by atoms with Crippen LogP contribution in [0, 0.1) is 0 Å².